The highest BCUT2D eigenvalue weighted by molar-refractivity contribution is 5.87. The lowest BCUT2D eigenvalue weighted by Crippen LogP contribution is -1.99. The molecule has 0 saturated heterocycles. The van der Waals surface area contributed by atoms with E-state index in [2.05, 4.69) is 24.6 Å². The van der Waals surface area contributed by atoms with Gasteiger partial charge in [0, 0.05) is 30.3 Å². The molecule has 110 valence electrons. The number of rotatable bonds is 6. The van der Waals surface area contributed by atoms with Gasteiger partial charge in [0.2, 0.25) is 0 Å². The highest BCUT2D eigenvalue weighted by Crippen LogP contribution is 2.36. The minimum absolute atomic E-state index is 0.210. The van der Waals surface area contributed by atoms with Gasteiger partial charge in [0.1, 0.15) is 0 Å². The summed E-state index contributed by atoms with van der Waals surface area (Å²) in [6, 6.07) is 4.43. The molecule has 1 heterocycles. The van der Waals surface area contributed by atoms with E-state index in [0.29, 0.717) is 6.04 Å². The average molecular weight is 277 g/mol. The molecule has 0 fully saturated rings. The van der Waals surface area contributed by atoms with Gasteiger partial charge in [-0.1, -0.05) is 0 Å². The van der Waals surface area contributed by atoms with Crippen LogP contribution in [0.5, 0.6) is 11.5 Å². The Morgan fingerprint density at radius 2 is 1.80 bits per heavy atom. The molecule has 1 aromatic carbocycles. The Bertz CT molecular complexity index is 587. The third-order valence-electron chi connectivity index (χ3n) is 3.58. The Morgan fingerprint density at radius 1 is 1.15 bits per heavy atom. The van der Waals surface area contributed by atoms with Crippen LogP contribution in [0.1, 0.15) is 31.9 Å². The fraction of sp³-hybridized carbons (Fsp3) is 0.500. The van der Waals surface area contributed by atoms with Gasteiger partial charge < -0.3 is 19.1 Å². The molecule has 0 bridgehead atoms. The summed E-state index contributed by atoms with van der Waals surface area (Å²) < 4.78 is 13.0. The maximum atomic E-state index is 9.05. The van der Waals surface area contributed by atoms with E-state index in [9.17, 15) is 0 Å². The molecule has 4 nitrogen and oxygen atoms in total. The number of aromatic nitrogens is 1. The first kappa shape index (κ1) is 14.7. The van der Waals surface area contributed by atoms with E-state index in [-0.39, 0.29) is 6.61 Å². The van der Waals surface area contributed by atoms with Gasteiger partial charge >= 0.3 is 0 Å². The van der Waals surface area contributed by atoms with Gasteiger partial charge in [0.15, 0.2) is 11.5 Å². The van der Waals surface area contributed by atoms with Crippen molar-refractivity contribution in [1.82, 2.24) is 4.57 Å². The van der Waals surface area contributed by atoms with Gasteiger partial charge in [-0.25, -0.2) is 0 Å². The third-order valence-corrected chi connectivity index (χ3v) is 3.58. The summed E-state index contributed by atoms with van der Waals surface area (Å²) in [6.45, 7) is 4.53. The predicted octanol–water partition coefficient (Wildman–Crippen LogP) is 3.16. The van der Waals surface area contributed by atoms with E-state index in [1.54, 1.807) is 14.2 Å². The van der Waals surface area contributed by atoms with E-state index in [1.165, 1.54) is 10.9 Å². The molecular formula is C16H23NO3. The molecule has 4 heteroatoms. The van der Waals surface area contributed by atoms with Crippen LogP contribution < -0.4 is 9.47 Å². The number of benzene rings is 1. The van der Waals surface area contributed by atoms with Crippen molar-refractivity contribution in [2.75, 3.05) is 20.8 Å². The molecule has 0 saturated carbocycles. The summed E-state index contributed by atoms with van der Waals surface area (Å²) in [4.78, 5) is 0. The minimum atomic E-state index is 0.210. The van der Waals surface area contributed by atoms with Gasteiger partial charge in [-0.15, -0.1) is 0 Å². The molecule has 0 spiro atoms. The van der Waals surface area contributed by atoms with E-state index in [4.69, 9.17) is 14.6 Å². The number of methoxy groups -OCH3 is 2. The fourth-order valence-electron chi connectivity index (χ4n) is 2.54. The van der Waals surface area contributed by atoms with Crippen LogP contribution in [0.4, 0.5) is 0 Å². The molecule has 0 aliphatic rings. The van der Waals surface area contributed by atoms with Crippen molar-refractivity contribution in [3.8, 4) is 11.5 Å². The van der Waals surface area contributed by atoms with Crippen molar-refractivity contribution in [3.63, 3.8) is 0 Å². The van der Waals surface area contributed by atoms with Crippen LogP contribution in [0.2, 0.25) is 0 Å². The quantitative estimate of drug-likeness (QED) is 0.882. The van der Waals surface area contributed by atoms with Crippen molar-refractivity contribution in [2.24, 2.45) is 0 Å². The lowest BCUT2D eigenvalue weighted by molar-refractivity contribution is 0.288. The standard InChI is InChI=1S/C16H23NO3/c1-11(2)17-10-12(6-5-7-18)13-8-15(19-3)16(20-4)9-14(13)17/h8-11,18H,5-7H2,1-4H3. The van der Waals surface area contributed by atoms with Gasteiger partial charge in [0.05, 0.1) is 19.7 Å². The number of hydrogen-bond acceptors (Lipinski definition) is 3. The maximum absolute atomic E-state index is 9.05. The Hall–Kier alpha value is -1.68. The van der Waals surface area contributed by atoms with Crippen molar-refractivity contribution < 1.29 is 14.6 Å². The van der Waals surface area contributed by atoms with Crippen molar-refractivity contribution in [2.45, 2.75) is 32.7 Å². The molecule has 0 aliphatic heterocycles. The first-order valence-electron chi connectivity index (χ1n) is 6.98. The van der Waals surface area contributed by atoms with Gasteiger partial charge in [-0.05, 0) is 38.3 Å². The average Bonchev–Trinajstić information content (AvgIpc) is 2.81. The monoisotopic (exact) mass is 277 g/mol. The highest BCUT2D eigenvalue weighted by Gasteiger charge is 2.15. The highest BCUT2D eigenvalue weighted by atomic mass is 16.5. The molecule has 20 heavy (non-hydrogen) atoms. The molecule has 1 aromatic heterocycles. The summed E-state index contributed by atoms with van der Waals surface area (Å²) in [6.07, 6.45) is 3.80. The van der Waals surface area contributed by atoms with Gasteiger partial charge in [-0.2, -0.15) is 0 Å². The van der Waals surface area contributed by atoms with E-state index in [0.717, 1.165) is 29.9 Å². The number of hydrogen-bond donors (Lipinski definition) is 1. The summed E-state index contributed by atoms with van der Waals surface area (Å²) >= 11 is 0. The summed E-state index contributed by atoms with van der Waals surface area (Å²) in [5.74, 6) is 1.49. The topological polar surface area (TPSA) is 43.6 Å². The smallest absolute Gasteiger partial charge is 0.162 e. The molecule has 0 atom stereocenters. The number of nitrogens with zero attached hydrogens (tertiary/aromatic N) is 1. The van der Waals surface area contributed by atoms with Crippen LogP contribution in [0.25, 0.3) is 10.9 Å². The zero-order valence-corrected chi connectivity index (χ0v) is 12.6. The molecule has 1 N–H and O–H groups in total. The van der Waals surface area contributed by atoms with Crippen molar-refractivity contribution in [3.05, 3.63) is 23.9 Å². The zero-order valence-electron chi connectivity index (χ0n) is 12.6. The molecular weight excluding hydrogens is 254 g/mol. The fourth-order valence-corrected chi connectivity index (χ4v) is 2.54. The van der Waals surface area contributed by atoms with E-state index >= 15 is 0 Å². The van der Waals surface area contributed by atoms with Crippen LogP contribution in [0.3, 0.4) is 0 Å². The first-order valence-corrected chi connectivity index (χ1v) is 6.98. The zero-order chi connectivity index (χ0) is 14.7. The van der Waals surface area contributed by atoms with Crippen molar-refractivity contribution in [1.29, 1.82) is 0 Å². The molecule has 0 radical (unpaired) electrons. The van der Waals surface area contributed by atoms with Gasteiger partial charge in [0.25, 0.3) is 0 Å². The number of fused-ring (bicyclic) bond motifs is 1. The van der Waals surface area contributed by atoms with E-state index < -0.39 is 0 Å². The van der Waals surface area contributed by atoms with Crippen LogP contribution in [0.15, 0.2) is 18.3 Å². The Labute approximate surface area is 119 Å². The Kier molecular flexibility index (Phi) is 4.55. The van der Waals surface area contributed by atoms with E-state index in [1.807, 2.05) is 12.1 Å². The van der Waals surface area contributed by atoms with Crippen LogP contribution >= 0.6 is 0 Å². The normalized spacial score (nSPS) is 11.3. The maximum Gasteiger partial charge on any atom is 0.162 e. The second-order valence-electron chi connectivity index (χ2n) is 5.21. The second kappa shape index (κ2) is 6.18. The van der Waals surface area contributed by atoms with Crippen LogP contribution in [-0.4, -0.2) is 30.5 Å². The molecule has 0 amide bonds. The number of aliphatic hydroxyl groups is 1. The molecule has 2 rings (SSSR count). The predicted molar refractivity (Wildman–Crippen MR) is 80.8 cm³/mol. The van der Waals surface area contributed by atoms with Crippen LogP contribution in [0, 0.1) is 0 Å². The Morgan fingerprint density at radius 3 is 2.35 bits per heavy atom. The first-order chi connectivity index (χ1) is 9.62. The molecule has 0 unspecified atom stereocenters. The lowest BCUT2D eigenvalue weighted by Gasteiger charge is -2.12. The van der Waals surface area contributed by atoms with Crippen LogP contribution in [-0.2, 0) is 6.42 Å². The SMILES string of the molecule is COc1cc2c(CCCO)cn(C(C)C)c2cc1OC. The molecule has 0 aliphatic carbocycles. The summed E-state index contributed by atoms with van der Waals surface area (Å²) in [5.41, 5.74) is 2.38. The molecule has 2 aromatic rings. The largest absolute Gasteiger partial charge is 0.493 e. The summed E-state index contributed by atoms with van der Waals surface area (Å²) in [5, 5.41) is 10.2. The minimum Gasteiger partial charge on any atom is -0.493 e. The summed E-state index contributed by atoms with van der Waals surface area (Å²) in [7, 11) is 3.30. The lowest BCUT2D eigenvalue weighted by atomic mass is 10.1. The Balaban J connectivity index is 2.63. The number of aliphatic hydroxyl groups excluding tert-OH is 1. The number of ether oxygens (including phenoxy) is 2. The second-order valence-corrected chi connectivity index (χ2v) is 5.21. The number of aryl methyl sites for hydroxylation is 1. The van der Waals surface area contributed by atoms with Gasteiger partial charge in [-0.3, -0.25) is 0 Å². The third kappa shape index (κ3) is 2.61. The van der Waals surface area contributed by atoms with Crippen molar-refractivity contribution >= 4 is 10.9 Å².